The summed E-state index contributed by atoms with van der Waals surface area (Å²) in [5, 5.41) is 13.7. The third-order valence-electron chi connectivity index (χ3n) is 2.73. The van der Waals surface area contributed by atoms with Crippen molar-refractivity contribution in [2.45, 2.75) is 32.7 Å². The zero-order valence-electron chi connectivity index (χ0n) is 11.5. The second kappa shape index (κ2) is 6.01. The standard InChI is InChI=1S/C12H21N3O4/c1-12(2,3)14-11(19)13-9(16)7-15-5-4-8(6-15)10(17)18/h8H,4-7H2,1-3H3,(H,17,18)(H2,13,14,16,19). The molecule has 0 aromatic rings. The van der Waals surface area contributed by atoms with Crippen molar-refractivity contribution < 1.29 is 19.5 Å². The van der Waals surface area contributed by atoms with Crippen LogP contribution in [0.4, 0.5) is 4.79 Å². The Morgan fingerprint density at radius 2 is 1.95 bits per heavy atom. The highest BCUT2D eigenvalue weighted by Gasteiger charge is 2.29. The van der Waals surface area contributed by atoms with Crippen LogP contribution < -0.4 is 10.6 Å². The third kappa shape index (κ3) is 5.69. The van der Waals surface area contributed by atoms with Crippen molar-refractivity contribution in [3.63, 3.8) is 0 Å². The van der Waals surface area contributed by atoms with Crippen LogP contribution in [0.1, 0.15) is 27.2 Å². The fraction of sp³-hybridized carbons (Fsp3) is 0.750. The van der Waals surface area contributed by atoms with E-state index >= 15 is 0 Å². The van der Waals surface area contributed by atoms with Crippen molar-refractivity contribution in [3.8, 4) is 0 Å². The lowest BCUT2D eigenvalue weighted by atomic mass is 10.1. The van der Waals surface area contributed by atoms with E-state index in [-0.39, 0.29) is 6.54 Å². The van der Waals surface area contributed by atoms with Crippen molar-refractivity contribution in [2.75, 3.05) is 19.6 Å². The number of carboxylic acid groups (broad SMARTS) is 1. The van der Waals surface area contributed by atoms with Gasteiger partial charge in [-0.25, -0.2) is 4.79 Å². The van der Waals surface area contributed by atoms with Crippen molar-refractivity contribution in [1.82, 2.24) is 15.5 Å². The molecule has 0 bridgehead atoms. The van der Waals surface area contributed by atoms with Crippen LogP contribution >= 0.6 is 0 Å². The largest absolute Gasteiger partial charge is 0.481 e. The zero-order valence-corrected chi connectivity index (χ0v) is 11.5. The molecule has 1 unspecified atom stereocenters. The lowest BCUT2D eigenvalue weighted by Gasteiger charge is -2.21. The van der Waals surface area contributed by atoms with Crippen LogP contribution in [0, 0.1) is 5.92 Å². The van der Waals surface area contributed by atoms with Crippen LogP contribution in [0.25, 0.3) is 0 Å². The fourth-order valence-corrected chi connectivity index (χ4v) is 1.92. The fourth-order valence-electron chi connectivity index (χ4n) is 1.92. The van der Waals surface area contributed by atoms with E-state index in [1.54, 1.807) is 4.90 Å². The normalized spacial score (nSPS) is 20.1. The first-order valence-corrected chi connectivity index (χ1v) is 6.24. The minimum absolute atomic E-state index is 0.0430. The monoisotopic (exact) mass is 271 g/mol. The first kappa shape index (κ1) is 15.4. The van der Waals surface area contributed by atoms with Crippen LogP contribution in [0.5, 0.6) is 0 Å². The van der Waals surface area contributed by atoms with Crippen molar-refractivity contribution >= 4 is 17.9 Å². The number of hydrogen-bond donors (Lipinski definition) is 3. The summed E-state index contributed by atoms with van der Waals surface area (Å²) in [6.07, 6.45) is 0.538. The van der Waals surface area contributed by atoms with E-state index in [1.807, 2.05) is 20.8 Å². The van der Waals surface area contributed by atoms with E-state index in [2.05, 4.69) is 10.6 Å². The molecule has 1 saturated heterocycles. The summed E-state index contributed by atoms with van der Waals surface area (Å²) in [6.45, 7) is 6.40. The molecule has 7 heteroatoms. The molecule has 3 amide bonds. The maximum absolute atomic E-state index is 11.6. The molecule has 1 heterocycles. The van der Waals surface area contributed by atoms with E-state index in [9.17, 15) is 14.4 Å². The van der Waals surface area contributed by atoms with Gasteiger partial charge in [0.15, 0.2) is 0 Å². The Labute approximate surface area is 112 Å². The molecular weight excluding hydrogens is 250 g/mol. The average molecular weight is 271 g/mol. The van der Waals surface area contributed by atoms with Crippen molar-refractivity contribution in [2.24, 2.45) is 5.92 Å². The van der Waals surface area contributed by atoms with E-state index < -0.39 is 29.4 Å². The molecule has 0 radical (unpaired) electrons. The predicted octanol–water partition coefficient (Wildman–Crippen LogP) is 0.0172. The van der Waals surface area contributed by atoms with E-state index in [4.69, 9.17) is 5.11 Å². The number of urea groups is 1. The van der Waals surface area contributed by atoms with Gasteiger partial charge in [-0.05, 0) is 33.7 Å². The Balaban J connectivity index is 2.33. The minimum Gasteiger partial charge on any atom is -0.481 e. The molecule has 0 saturated carbocycles. The number of carbonyl (C=O) groups is 3. The topological polar surface area (TPSA) is 98.7 Å². The number of imide groups is 1. The number of nitrogens with one attached hydrogen (secondary N) is 2. The molecule has 1 atom stereocenters. The first-order valence-electron chi connectivity index (χ1n) is 6.24. The third-order valence-corrected chi connectivity index (χ3v) is 2.73. The smallest absolute Gasteiger partial charge is 0.321 e. The number of aliphatic carboxylic acids is 1. The maximum Gasteiger partial charge on any atom is 0.321 e. The number of nitrogens with zero attached hydrogens (tertiary/aromatic N) is 1. The van der Waals surface area contributed by atoms with Crippen molar-refractivity contribution in [3.05, 3.63) is 0 Å². The van der Waals surface area contributed by atoms with Gasteiger partial charge in [0, 0.05) is 12.1 Å². The number of rotatable bonds is 3. The SMILES string of the molecule is CC(C)(C)NC(=O)NC(=O)CN1CCC(C(=O)O)C1. The predicted molar refractivity (Wildman–Crippen MR) is 68.6 cm³/mol. The Morgan fingerprint density at radius 1 is 1.32 bits per heavy atom. The summed E-state index contributed by atoms with van der Waals surface area (Å²) in [4.78, 5) is 35.6. The number of carboxylic acids is 1. The summed E-state index contributed by atoms with van der Waals surface area (Å²) in [6, 6.07) is -0.536. The van der Waals surface area contributed by atoms with Crippen molar-refractivity contribution in [1.29, 1.82) is 0 Å². The summed E-state index contributed by atoms with van der Waals surface area (Å²) in [7, 11) is 0. The molecule has 19 heavy (non-hydrogen) atoms. The molecular formula is C12H21N3O4. The average Bonchev–Trinajstić information content (AvgIpc) is 2.62. The lowest BCUT2D eigenvalue weighted by Crippen LogP contribution is -2.50. The van der Waals surface area contributed by atoms with Gasteiger partial charge in [0.1, 0.15) is 0 Å². The highest BCUT2D eigenvalue weighted by Crippen LogP contribution is 2.15. The van der Waals surface area contributed by atoms with Crippen LogP contribution in [-0.4, -0.2) is 53.1 Å². The molecule has 1 rings (SSSR count). The quantitative estimate of drug-likeness (QED) is 0.672. The molecule has 0 aliphatic carbocycles. The molecule has 108 valence electrons. The molecule has 0 aromatic carbocycles. The van der Waals surface area contributed by atoms with Gasteiger partial charge in [0.25, 0.3) is 0 Å². The Kier molecular flexibility index (Phi) is 4.88. The molecule has 0 aromatic heterocycles. The molecule has 1 fully saturated rings. The number of amides is 3. The molecule has 1 aliphatic rings. The molecule has 7 nitrogen and oxygen atoms in total. The van der Waals surface area contributed by atoms with Crippen LogP contribution in [0.15, 0.2) is 0 Å². The number of hydrogen-bond acceptors (Lipinski definition) is 4. The minimum atomic E-state index is -0.839. The zero-order chi connectivity index (χ0) is 14.6. The second-order valence-corrected chi connectivity index (χ2v) is 5.81. The van der Waals surface area contributed by atoms with Crippen LogP contribution in [0.3, 0.4) is 0 Å². The summed E-state index contributed by atoms with van der Waals surface area (Å²) < 4.78 is 0. The lowest BCUT2D eigenvalue weighted by molar-refractivity contribution is -0.141. The van der Waals surface area contributed by atoms with Gasteiger partial charge >= 0.3 is 12.0 Å². The van der Waals surface area contributed by atoms with E-state index in [1.165, 1.54) is 0 Å². The highest BCUT2D eigenvalue weighted by atomic mass is 16.4. The van der Waals surface area contributed by atoms with Gasteiger partial charge in [-0.15, -0.1) is 0 Å². The summed E-state index contributed by atoms with van der Waals surface area (Å²) >= 11 is 0. The van der Waals surface area contributed by atoms with Crippen LogP contribution in [-0.2, 0) is 9.59 Å². The first-order chi connectivity index (χ1) is 8.67. The molecule has 3 N–H and O–H groups in total. The van der Waals surface area contributed by atoms with Gasteiger partial charge in [0.2, 0.25) is 5.91 Å². The van der Waals surface area contributed by atoms with Crippen LogP contribution in [0.2, 0.25) is 0 Å². The Hall–Kier alpha value is -1.63. The summed E-state index contributed by atoms with van der Waals surface area (Å²) in [5.74, 6) is -1.68. The number of carbonyl (C=O) groups excluding carboxylic acids is 2. The Bertz CT molecular complexity index is 376. The van der Waals surface area contributed by atoms with Gasteiger partial charge in [-0.2, -0.15) is 0 Å². The second-order valence-electron chi connectivity index (χ2n) is 5.81. The van der Waals surface area contributed by atoms with Gasteiger partial charge < -0.3 is 10.4 Å². The van der Waals surface area contributed by atoms with Gasteiger partial charge in [-0.1, -0.05) is 0 Å². The van der Waals surface area contributed by atoms with E-state index in [0.29, 0.717) is 19.5 Å². The maximum atomic E-state index is 11.6. The highest BCUT2D eigenvalue weighted by molar-refractivity contribution is 5.95. The molecule has 1 aliphatic heterocycles. The number of likely N-dealkylation sites (tertiary alicyclic amines) is 1. The van der Waals surface area contributed by atoms with Gasteiger partial charge in [-0.3, -0.25) is 19.8 Å². The Morgan fingerprint density at radius 3 is 2.42 bits per heavy atom. The summed E-state index contributed by atoms with van der Waals surface area (Å²) in [5.41, 5.74) is -0.410. The molecule has 0 spiro atoms. The van der Waals surface area contributed by atoms with Gasteiger partial charge in [0.05, 0.1) is 12.5 Å². The van der Waals surface area contributed by atoms with E-state index in [0.717, 1.165) is 0 Å².